The van der Waals surface area contributed by atoms with Crippen LogP contribution in [0.5, 0.6) is 0 Å². The molecule has 0 spiro atoms. The first-order valence-electron chi connectivity index (χ1n) is 3.56. The zero-order valence-corrected chi connectivity index (χ0v) is 7.52. The number of nitriles is 1. The highest BCUT2D eigenvalue weighted by atomic mass is 35.5. The fraction of sp³-hybridized carbons (Fsp3) is 0.429. The summed E-state index contributed by atoms with van der Waals surface area (Å²) in [5.74, 6) is 0. The van der Waals surface area contributed by atoms with Crippen molar-refractivity contribution in [2.24, 2.45) is 0 Å². The summed E-state index contributed by atoms with van der Waals surface area (Å²) in [6, 6.07) is 1.60. The summed E-state index contributed by atoms with van der Waals surface area (Å²) in [6.45, 7) is 2.06. The first-order valence-corrected chi connectivity index (χ1v) is 3.94. The van der Waals surface area contributed by atoms with Crippen molar-refractivity contribution in [2.45, 2.75) is 19.9 Å². The van der Waals surface area contributed by atoms with E-state index in [1.165, 1.54) is 4.68 Å². The third-order valence-electron chi connectivity index (χ3n) is 1.54. The van der Waals surface area contributed by atoms with Crippen LogP contribution in [0.1, 0.15) is 24.6 Å². The van der Waals surface area contributed by atoms with Crippen LogP contribution in [-0.4, -0.2) is 9.78 Å². The second-order valence-corrected chi connectivity index (χ2v) is 2.64. The molecule has 1 aromatic heterocycles. The number of aromatic nitrogens is 2. The van der Waals surface area contributed by atoms with Crippen molar-refractivity contribution in [3.05, 3.63) is 16.4 Å². The quantitative estimate of drug-likeness (QED) is 0.744. The highest BCUT2D eigenvalue weighted by Gasteiger charge is 2.22. The van der Waals surface area contributed by atoms with E-state index >= 15 is 0 Å². The van der Waals surface area contributed by atoms with Crippen LogP contribution in [0.4, 0.5) is 8.78 Å². The number of hydrogen-bond donors (Lipinski definition) is 0. The number of hydrogen-bond acceptors (Lipinski definition) is 2. The van der Waals surface area contributed by atoms with Gasteiger partial charge in [-0.1, -0.05) is 11.6 Å². The lowest BCUT2D eigenvalue weighted by Gasteiger charge is -1.94. The van der Waals surface area contributed by atoms with Crippen LogP contribution in [0.2, 0.25) is 5.15 Å². The van der Waals surface area contributed by atoms with Crippen molar-refractivity contribution in [3.8, 4) is 6.07 Å². The number of nitrogens with zero attached hydrogens (tertiary/aromatic N) is 3. The predicted octanol–water partition coefficient (Wildman–Crippen LogP) is 2.37. The second-order valence-electron chi connectivity index (χ2n) is 2.28. The van der Waals surface area contributed by atoms with Crippen LogP contribution in [0, 0.1) is 11.3 Å². The fourth-order valence-corrected chi connectivity index (χ4v) is 1.22. The van der Waals surface area contributed by atoms with Crippen molar-refractivity contribution in [3.63, 3.8) is 0 Å². The molecule has 0 fully saturated rings. The molecule has 0 atom stereocenters. The van der Waals surface area contributed by atoms with Gasteiger partial charge >= 0.3 is 0 Å². The zero-order chi connectivity index (χ0) is 10.0. The molecule has 0 unspecified atom stereocenters. The van der Waals surface area contributed by atoms with Crippen molar-refractivity contribution in [1.82, 2.24) is 9.78 Å². The smallest absolute Gasteiger partial charge is 0.252 e. The number of aryl methyl sites for hydroxylation is 1. The van der Waals surface area contributed by atoms with Crippen LogP contribution in [0.3, 0.4) is 0 Å². The summed E-state index contributed by atoms with van der Waals surface area (Å²) in [5, 5.41) is 12.0. The lowest BCUT2D eigenvalue weighted by molar-refractivity contribution is 0.144. The van der Waals surface area contributed by atoms with E-state index in [9.17, 15) is 8.78 Å². The van der Waals surface area contributed by atoms with Gasteiger partial charge in [0.25, 0.3) is 6.43 Å². The van der Waals surface area contributed by atoms with Gasteiger partial charge in [-0.3, -0.25) is 4.68 Å². The molecule has 0 aliphatic heterocycles. The third kappa shape index (κ3) is 1.63. The minimum atomic E-state index is -2.76. The Balaban J connectivity index is 3.30. The van der Waals surface area contributed by atoms with E-state index in [1.54, 1.807) is 13.0 Å². The molecule has 0 bridgehead atoms. The molecule has 1 aromatic rings. The van der Waals surface area contributed by atoms with Gasteiger partial charge < -0.3 is 0 Å². The van der Waals surface area contributed by atoms with Crippen molar-refractivity contribution < 1.29 is 8.78 Å². The van der Waals surface area contributed by atoms with E-state index in [2.05, 4.69) is 5.10 Å². The second kappa shape index (κ2) is 3.71. The Hall–Kier alpha value is -1.15. The van der Waals surface area contributed by atoms with Gasteiger partial charge in [-0.25, -0.2) is 8.78 Å². The van der Waals surface area contributed by atoms with Crippen LogP contribution < -0.4 is 0 Å². The van der Waals surface area contributed by atoms with Crippen LogP contribution in [-0.2, 0) is 6.54 Å². The van der Waals surface area contributed by atoms with E-state index < -0.39 is 12.1 Å². The summed E-state index contributed by atoms with van der Waals surface area (Å²) in [7, 11) is 0. The molecule has 0 N–H and O–H groups in total. The predicted molar refractivity (Wildman–Crippen MR) is 42.6 cm³/mol. The minimum Gasteiger partial charge on any atom is -0.252 e. The Labute approximate surface area is 78.5 Å². The molecule has 1 rings (SSSR count). The normalized spacial score (nSPS) is 10.5. The Morgan fingerprint density at radius 3 is 2.62 bits per heavy atom. The molecule has 1 heterocycles. The van der Waals surface area contributed by atoms with E-state index in [4.69, 9.17) is 16.9 Å². The lowest BCUT2D eigenvalue weighted by atomic mass is 10.3. The van der Waals surface area contributed by atoms with Crippen LogP contribution in [0.15, 0.2) is 0 Å². The van der Waals surface area contributed by atoms with Crippen LogP contribution >= 0.6 is 11.6 Å². The first-order chi connectivity index (χ1) is 6.11. The van der Waals surface area contributed by atoms with Crippen LogP contribution in [0.25, 0.3) is 0 Å². The van der Waals surface area contributed by atoms with Gasteiger partial charge in [0.2, 0.25) is 0 Å². The third-order valence-corrected chi connectivity index (χ3v) is 1.92. The maximum Gasteiger partial charge on any atom is 0.283 e. The molecule has 0 aliphatic rings. The topological polar surface area (TPSA) is 41.6 Å². The molecular weight excluding hydrogens is 200 g/mol. The van der Waals surface area contributed by atoms with E-state index in [1.807, 2.05) is 0 Å². The summed E-state index contributed by atoms with van der Waals surface area (Å²) in [6.07, 6.45) is -2.76. The molecule has 0 aromatic carbocycles. The highest BCUT2D eigenvalue weighted by Crippen LogP contribution is 2.26. The first kappa shape index (κ1) is 9.93. The molecule has 70 valence electrons. The molecule has 6 heteroatoms. The molecular formula is C7H6ClF2N3. The van der Waals surface area contributed by atoms with Gasteiger partial charge in [0.1, 0.15) is 22.5 Å². The SMILES string of the molecule is CCn1nc(C(F)F)c(C#N)c1Cl. The fourth-order valence-electron chi connectivity index (χ4n) is 0.924. The van der Waals surface area contributed by atoms with Gasteiger partial charge in [0, 0.05) is 6.54 Å². The van der Waals surface area contributed by atoms with E-state index in [0.29, 0.717) is 6.54 Å². The molecule has 0 radical (unpaired) electrons. The molecule has 0 aliphatic carbocycles. The summed E-state index contributed by atoms with van der Waals surface area (Å²) in [4.78, 5) is 0. The number of rotatable bonds is 2. The molecule has 3 nitrogen and oxygen atoms in total. The van der Waals surface area contributed by atoms with Crippen molar-refractivity contribution in [1.29, 1.82) is 5.26 Å². The van der Waals surface area contributed by atoms with Gasteiger partial charge in [-0.05, 0) is 6.92 Å². The summed E-state index contributed by atoms with van der Waals surface area (Å²) < 4.78 is 25.7. The monoisotopic (exact) mass is 205 g/mol. The van der Waals surface area contributed by atoms with Gasteiger partial charge in [-0.2, -0.15) is 10.4 Å². The maximum absolute atomic E-state index is 12.3. The standard InChI is InChI=1S/C7H6ClF2N3/c1-2-13-6(8)4(3-11)5(12-13)7(9)10/h7H,2H2,1H3. The zero-order valence-electron chi connectivity index (χ0n) is 6.76. The number of alkyl halides is 2. The van der Waals surface area contributed by atoms with E-state index in [0.717, 1.165) is 0 Å². The molecule has 0 saturated heterocycles. The maximum atomic E-state index is 12.3. The van der Waals surface area contributed by atoms with Gasteiger partial charge in [0.15, 0.2) is 0 Å². The Morgan fingerprint density at radius 1 is 1.69 bits per heavy atom. The summed E-state index contributed by atoms with van der Waals surface area (Å²) >= 11 is 5.62. The Bertz CT molecular complexity index is 353. The average Bonchev–Trinajstić information content (AvgIpc) is 2.42. The Kier molecular flexibility index (Phi) is 2.83. The highest BCUT2D eigenvalue weighted by molar-refractivity contribution is 6.30. The number of halogens is 3. The summed E-state index contributed by atoms with van der Waals surface area (Å²) in [5.41, 5.74) is -0.784. The van der Waals surface area contributed by atoms with Gasteiger partial charge in [-0.15, -0.1) is 0 Å². The lowest BCUT2D eigenvalue weighted by Crippen LogP contribution is -1.97. The van der Waals surface area contributed by atoms with Crippen molar-refractivity contribution >= 4 is 11.6 Å². The minimum absolute atomic E-state index is 0.0275. The average molecular weight is 206 g/mol. The Morgan fingerprint density at radius 2 is 2.31 bits per heavy atom. The van der Waals surface area contributed by atoms with Crippen molar-refractivity contribution in [2.75, 3.05) is 0 Å². The largest absolute Gasteiger partial charge is 0.283 e. The van der Waals surface area contributed by atoms with E-state index in [-0.39, 0.29) is 10.7 Å². The van der Waals surface area contributed by atoms with Gasteiger partial charge in [0.05, 0.1) is 0 Å². The molecule has 0 amide bonds. The molecule has 0 saturated carbocycles. The molecule has 13 heavy (non-hydrogen) atoms.